The van der Waals surface area contributed by atoms with Gasteiger partial charge in [0.15, 0.2) is 0 Å². The van der Waals surface area contributed by atoms with Gasteiger partial charge >= 0.3 is 5.97 Å². The van der Waals surface area contributed by atoms with Crippen molar-refractivity contribution in [2.75, 3.05) is 13.7 Å². The molecule has 26 heavy (non-hydrogen) atoms. The SMILES string of the molecule is CCOC(=O)C(C)(C)SCc1ccc(C23CCC(OC)(CC2)CC3)cc1. The summed E-state index contributed by atoms with van der Waals surface area (Å²) in [6, 6.07) is 9.12. The first-order valence-corrected chi connectivity index (χ1v) is 10.8. The Kier molecular flexibility index (Phi) is 5.74. The Morgan fingerprint density at radius 3 is 2.15 bits per heavy atom. The molecular formula is C22H32O3S. The first-order chi connectivity index (χ1) is 12.3. The van der Waals surface area contributed by atoms with E-state index in [2.05, 4.69) is 24.3 Å². The van der Waals surface area contributed by atoms with E-state index in [0.29, 0.717) is 12.0 Å². The molecule has 4 heteroatoms. The largest absolute Gasteiger partial charge is 0.465 e. The van der Waals surface area contributed by atoms with Gasteiger partial charge in [-0.3, -0.25) is 4.79 Å². The van der Waals surface area contributed by atoms with E-state index in [0.717, 1.165) is 5.75 Å². The smallest absolute Gasteiger partial charge is 0.321 e. The standard InChI is InChI=1S/C22H32O3S/c1-5-25-19(23)20(2,3)26-16-17-6-8-18(9-7-17)21-10-13-22(24-4,14-11-21)15-12-21/h6-9H,5,10-16H2,1-4H3. The second-order valence-electron chi connectivity index (χ2n) is 8.38. The first-order valence-electron chi connectivity index (χ1n) is 9.81. The van der Waals surface area contributed by atoms with Gasteiger partial charge in [0.25, 0.3) is 0 Å². The molecule has 0 N–H and O–H groups in total. The highest BCUT2D eigenvalue weighted by atomic mass is 32.2. The average molecular weight is 377 g/mol. The van der Waals surface area contributed by atoms with Gasteiger partial charge in [0.05, 0.1) is 12.2 Å². The molecule has 144 valence electrons. The third-order valence-corrected chi connectivity index (χ3v) is 7.91. The van der Waals surface area contributed by atoms with Gasteiger partial charge < -0.3 is 9.47 Å². The third kappa shape index (κ3) is 3.82. The molecule has 0 atom stereocenters. The number of rotatable bonds is 7. The van der Waals surface area contributed by atoms with Crippen molar-refractivity contribution in [1.29, 1.82) is 0 Å². The molecule has 3 saturated carbocycles. The van der Waals surface area contributed by atoms with Crippen LogP contribution in [-0.4, -0.2) is 30.0 Å². The van der Waals surface area contributed by atoms with Crippen LogP contribution in [0.3, 0.4) is 0 Å². The summed E-state index contributed by atoms with van der Waals surface area (Å²) >= 11 is 1.65. The van der Waals surface area contributed by atoms with Crippen LogP contribution in [0.4, 0.5) is 0 Å². The second-order valence-corrected chi connectivity index (χ2v) is 9.98. The zero-order chi connectivity index (χ0) is 18.8. The normalized spacial score (nSPS) is 28.2. The van der Waals surface area contributed by atoms with Crippen molar-refractivity contribution in [3.8, 4) is 0 Å². The van der Waals surface area contributed by atoms with Crippen LogP contribution in [0.2, 0.25) is 0 Å². The summed E-state index contributed by atoms with van der Waals surface area (Å²) in [6.07, 6.45) is 7.29. The van der Waals surface area contributed by atoms with Gasteiger partial charge in [0, 0.05) is 12.9 Å². The summed E-state index contributed by atoms with van der Waals surface area (Å²) in [5.41, 5.74) is 3.28. The summed E-state index contributed by atoms with van der Waals surface area (Å²) in [7, 11) is 1.88. The molecule has 2 bridgehead atoms. The van der Waals surface area contributed by atoms with Crippen molar-refractivity contribution >= 4 is 17.7 Å². The molecule has 0 radical (unpaired) electrons. The van der Waals surface area contributed by atoms with Crippen LogP contribution in [0.1, 0.15) is 70.4 Å². The van der Waals surface area contributed by atoms with Crippen molar-refractivity contribution in [2.24, 2.45) is 0 Å². The van der Waals surface area contributed by atoms with Crippen LogP contribution in [-0.2, 0) is 25.4 Å². The van der Waals surface area contributed by atoms with E-state index in [4.69, 9.17) is 9.47 Å². The fourth-order valence-corrected chi connectivity index (χ4v) is 5.37. The number of ether oxygens (including phenoxy) is 2. The second kappa shape index (κ2) is 7.55. The van der Waals surface area contributed by atoms with Crippen molar-refractivity contribution in [2.45, 2.75) is 80.8 Å². The summed E-state index contributed by atoms with van der Waals surface area (Å²) in [5.74, 6) is 0.692. The van der Waals surface area contributed by atoms with Gasteiger partial charge in [0.2, 0.25) is 0 Å². The molecule has 3 nitrogen and oxygen atoms in total. The van der Waals surface area contributed by atoms with E-state index in [-0.39, 0.29) is 11.6 Å². The zero-order valence-electron chi connectivity index (χ0n) is 16.6. The quantitative estimate of drug-likeness (QED) is 0.609. The number of thioether (sulfide) groups is 1. The Labute approximate surface area is 162 Å². The maximum atomic E-state index is 12.0. The van der Waals surface area contributed by atoms with Crippen LogP contribution < -0.4 is 0 Å². The van der Waals surface area contributed by atoms with Gasteiger partial charge in [-0.05, 0) is 75.8 Å². The maximum Gasteiger partial charge on any atom is 0.321 e. The molecule has 0 aliphatic heterocycles. The maximum absolute atomic E-state index is 12.0. The van der Waals surface area contributed by atoms with Crippen LogP contribution in [0.25, 0.3) is 0 Å². The predicted molar refractivity (Wildman–Crippen MR) is 108 cm³/mol. The number of carbonyl (C=O) groups excluding carboxylic acids is 1. The Hall–Kier alpha value is -1.00. The van der Waals surface area contributed by atoms with Gasteiger partial charge in [-0.15, -0.1) is 11.8 Å². The van der Waals surface area contributed by atoms with Crippen LogP contribution in [0, 0.1) is 0 Å². The van der Waals surface area contributed by atoms with Crippen LogP contribution >= 0.6 is 11.8 Å². The Morgan fingerprint density at radius 1 is 1.08 bits per heavy atom. The number of methoxy groups -OCH3 is 1. The van der Waals surface area contributed by atoms with Gasteiger partial charge in [-0.25, -0.2) is 0 Å². The Morgan fingerprint density at radius 2 is 1.65 bits per heavy atom. The predicted octanol–water partition coefficient (Wildman–Crippen LogP) is 5.25. The van der Waals surface area contributed by atoms with Crippen LogP contribution in [0.5, 0.6) is 0 Å². The lowest BCUT2D eigenvalue weighted by atomic mass is 9.56. The summed E-state index contributed by atoms with van der Waals surface area (Å²) in [6.45, 7) is 6.16. The average Bonchev–Trinajstić information content (AvgIpc) is 2.68. The minimum absolute atomic E-state index is 0.133. The highest BCUT2D eigenvalue weighted by Crippen LogP contribution is 2.54. The lowest BCUT2D eigenvalue weighted by Gasteiger charge is -2.53. The number of esters is 1. The molecule has 0 aromatic heterocycles. The van der Waals surface area contributed by atoms with Crippen LogP contribution in [0.15, 0.2) is 24.3 Å². The zero-order valence-corrected chi connectivity index (χ0v) is 17.4. The molecule has 3 aliphatic carbocycles. The van der Waals surface area contributed by atoms with Crippen molar-refractivity contribution in [3.05, 3.63) is 35.4 Å². The van der Waals surface area contributed by atoms with Crippen molar-refractivity contribution < 1.29 is 14.3 Å². The van der Waals surface area contributed by atoms with Gasteiger partial charge in [-0.2, -0.15) is 0 Å². The summed E-state index contributed by atoms with van der Waals surface area (Å²) in [4.78, 5) is 12.0. The fourth-order valence-electron chi connectivity index (χ4n) is 4.47. The van der Waals surface area contributed by atoms with E-state index in [1.165, 1.54) is 49.7 Å². The fraction of sp³-hybridized carbons (Fsp3) is 0.682. The number of hydrogen-bond acceptors (Lipinski definition) is 4. The minimum atomic E-state index is -0.510. The third-order valence-electron chi connectivity index (χ3n) is 6.54. The topological polar surface area (TPSA) is 35.5 Å². The van der Waals surface area contributed by atoms with Crippen molar-refractivity contribution in [3.63, 3.8) is 0 Å². The van der Waals surface area contributed by atoms with E-state index >= 15 is 0 Å². The lowest BCUT2D eigenvalue weighted by Crippen LogP contribution is -2.49. The van der Waals surface area contributed by atoms with E-state index in [9.17, 15) is 4.79 Å². The number of hydrogen-bond donors (Lipinski definition) is 0. The molecule has 1 aromatic carbocycles. The first kappa shape index (κ1) is 19.8. The monoisotopic (exact) mass is 376 g/mol. The molecule has 0 unspecified atom stereocenters. The number of fused-ring (bicyclic) bond motifs is 3. The molecule has 3 aliphatic rings. The number of benzene rings is 1. The number of carbonyl (C=O) groups is 1. The van der Waals surface area contributed by atoms with E-state index < -0.39 is 4.75 Å². The van der Waals surface area contributed by atoms with Gasteiger partial charge in [0.1, 0.15) is 4.75 Å². The van der Waals surface area contributed by atoms with Gasteiger partial charge in [-0.1, -0.05) is 24.3 Å². The van der Waals surface area contributed by atoms with Crippen molar-refractivity contribution in [1.82, 2.24) is 0 Å². The Balaban J connectivity index is 1.62. The molecule has 0 heterocycles. The highest BCUT2D eigenvalue weighted by Gasteiger charge is 2.49. The van der Waals surface area contributed by atoms with E-state index in [1.807, 2.05) is 27.9 Å². The molecule has 3 fully saturated rings. The molecule has 0 amide bonds. The molecular weight excluding hydrogens is 344 g/mol. The molecule has 1 aromatic rings. The molecule has 4 rings (SSSR count). The molecule has 0 spiro atoms. The Bertz CT molecular complexity index is 611. The molecule has 0 saturated heterocycles. The summed E-state index contributed by atoms with van der Waals surface area (Å²) < 4.78 is 10.5. The lowest BCUT2D eigenvalue weighted by molar-refractivity contribution is -0.145. The minimum Gasteiger partial charge on any atom is -0.465 e. The van der Waals surface area contributed by atoms with E-state index in [1.54, 1.807) is 11.8 Å². The summed E-state index contributed by atoms with van der Waals surface area (Å²) in [5, 5.41) is 0. The highest BCUT2D eigenvalue weighted by molar-refractivity contribution is 8.00.